The standard InChI is InChI=1S/C15H16N6O3S/c1-15(10-6-4-3-5-7-10)12(23)21(13(24)17-15)19-11(22)8-25-14-18-16-9-20(14)2/h3-7,9H,8H2,1-2H3,(H,17,24)(H,19,22)/t15-/m1/s1. The van der Waals surface area contributed by atoms with E-state index in [2.05, 4.69) is 20.9 Å². The summed E-state index contributed by atoms with van der Waals surface area (Å²) in [5.74, 6) is -1.04. The number of carbonyl (C=O) groups excluding carboxylic acids is 3. The molecular formula is C15H16N6O3S. The number of aromatic nitrogens is 3. The van der Waals surface area contributed by atoms with Gasteiger partial charge in [0.1, 0.15) is 11.9 Å². The van der Waals surface area contributed by atoms with Crippen LogP contribution in [0.1, 0.15) is 12.5 Å². The quantitative estimate of drug-likeness (QED) is 0.590. The number of carbonyl (C=O) groups is 3. The van der Waals surface area contributed by atoms with Crippen molar-refractivity contribution < 1.29 is 14.4 Å². The molecule has 0 bridgehead atoms. The maximum absolute atomic E-state index is 12.7. The fourth-order valence-electron chi connectivity index (χ4n) is 2.40. The number of hydrogen-bond donors (Lipinski definition) is 2. The molecule has 2 N–H and O–H groups in total. The molecule has 0 unspecified atom stereocenters. The molecule has 1 fully saturated rings. The number of amides is 4. The zero-order chi connectivity index (χ0) is 18.0. The lowest BCUT2D eigenvalue weighted by atomic mass is 9.92. The van der Waals surface area contributed by atoms with E-state index in [9.17, 15) is 14.4 Å². The molecule has 0 spiro atoms. The van der Waals surface area contributed by atoms with Gasteiger partial charge in [-0.3, -0.25) is 15.0 Å². The van der Waals surface area contributed by atoms with Gasteiger partial charge in [-0.2, -0.15) is 5.01 Å². The van der Waals surface area contributed by atoms with Gasteiger partial charge >= 0.3 is 6.03 Å². The molecule has 1 atom stereocenters. The van der Waals surface area contributed by atoms with Gasteiger partial charge in [0, 0.05) is 7.05 Å². The molecule has 1 aromatic heterocycles. The van der Waals surface area contributed by atoms with E-state index in [0.29, 0.717) is 15.7 Å². The predicted molar refractivity (Wildman–Crippen MR) is 89.0 cm³/mol. The Labute approximate surface area is 147 Å². The largest absolute Gasteiger partial charge is 0.344 e. The molecule has 0 radical (unpaired) electrons. The molecule has 0 saturated carbocycles. The number of thioether (sulfide) groups is 1. The Bertz CT molecular complexity index is 824. The highest BCUT2D eigenvalue weighted by molar-refractivity contribution is 7.99. The second-order valence-electron chi connectivity index (χ2n) is 5.61. The number of urea groups is 1. The van der Waals surface area contributed by atoms with E-state index in [4.69, 9.17) is 0 Å². The molecule has 3 rings (SSSR count). The summed E-state index contributed by atoms with van der Waals surface area (Å²) in [6, 6.07) is 8.18. The SMILES string of the molecule is Cn1cnnc1SCC(=O)NN1C(=O)N[C@](C)(c2ccccc2)C1=O. The van der Waals surface area contributed by atoms with Crippen LogP contribution in [0.3, 0.4) is 0 Å². The molecule has 2 aromatic rings. The summed E-state index contributed by atoms with van der Waals surface area (Å²) in [5, 5.41) is 11.5. The average molecular weight is 360 g/mol. The summed E-state index contributed by atoms with van der Waals surface area (Å²) in [7, 11) is 1.75. The van der Waals surface area contributed by atoms with E-state index in [1.807, 2.05) is 6.07 Å². The Hall–Kier alpha value is -2.88. The topological polar surface area (TPSA) is 109 Å². The first-order chi connectivity index (χ1) is 11.9. The molecule has 10 heteroatoms. The monoisotopic (exact) mass is 360 g/mol. The van der Waals surface area contributed by atoms with E-state index in [0.717, 1.165) is 11.8 Å². The Morgan fingerprint density at radius 3 is 2.68 bits per heavy atom. The van der Waals surface area contributed by atoms with Gasteiger partial charge in [0.25, 0.3) is 5.91 Å². The minimum absolute atomic E-state index is 0.00829. The highest BCUT2D eigenvalue weighted by Crippen LogP contribution is 2.27. The Morgan fingerprint density at radius 2 is 2.04 bits per heavy atom. The van der Waals surface area contributed by atoms with Crippen LogP contribution in [0.25, 0.3) is 0 Å². The lowest BCUT2D eigenvalue weighted by Crippen LogP contribution is -2.48. The van der Waals surface area contributed by atoms with Crippen LogP contribution < -0.4 is 10.7 Å². The van der Waals surface area contributed by atoms with Gasteiger partial charge in [0.2, 0.25) is 5.91 Å². The highest BCUT2D eigenvalue weighted by atomic mass is 32.2. The van der Waals surface area contributed by atoms with Crippen LogP contribution >= 0.6 is 11.8 Å². The minimum Gasteiger partial charge on any atom is -0.318 e. The van der Waals surface area contributed by atoms with E-state index < -0.39 is 23.4 Å². The van der Waals surface area contributed by atoms with Crippen molar-refractivity contribution in [3.8, 4) is 0 Å². The first-order valence-corrected chi connectivity index (χ1v) is 8.39. The molecule has 130 valence electrons. The van der Waals surface area contributed by atoms with Gasteiger partial charge in [0.15, 0.2) is 5.16 Å². The number of rotatable bonds is 5. The fraction of sp³-hybridized carbons (Fsp3) is 0.267. The van der Waals surface area contributed by atoms with Crippen molar-refractivity contribution in [2.24, 2.45) is 7.05 Å². The third-order valence-electron chi connectivity index (χ3n) is 3.78. The molecule has 0 aliphatic carbocycles. The third kappa shape index (κ3) is 3.20. The van der Waals surface area contributed by atoms with Gasteiger partial charge in [-0.1, -0.05) is 42.1 Å². The summed E-state index contributed by atoms with van der Waals surface area (Å²) in [6.45, 7) is 1.60. The van der Waals surface area contributed by atoms with Gasteiger partial charge in [-0.25, -0.2) is 4.79 Å². The van der Waals surface area contributed by atoms with Crippen LogP contribution in [0, 0.1) is 0 Å². The van der Waals surface area contributed by atoms with Crippen molar-refractivity contribution in [1.82, 2.24) is 30.5 Å². The predicted octanol–water partition coefficient (Wildman–Crippen LogP) is 0.406. The zero-order valence-corrected chi connectivity index (χ0v) is 14.4. The maximum Gasteiger partial charge on any atom is 0.344 e. The van der Waals surface area contributed by atoms with Crippen LogP contribution in [0.5, 0.6) is 0 Å². The molecule has 1 aliphatic rings. The van der Waals surface area contributed by atoms with Gasteiger partial charge in [0.05, 0.1) is 5.75 Å². The third-order valence-corrected chi connectivity index (χ3v) is 4.82. The molecule has 1 aliphatic heterocycles. The molecule has 1 aromatic carbocycles. The van der Waals surface area contributed by atoms with Crippen LogP contribution in [0.15, 0.2) is 41.8 Å². The van der Waals surface area contributed by atoms with E-state index >= 15 is 0 Å². The second kappa shape index (κ2) is 6.55. The normalized spacial score (nSPS) is 19.8. The van der Waals surface area contributed by atoms with Crippen molar-refractivity contribution in [1.29, 1.82) is 0 Å². The first kappa shape index (κ1) is 17.0. The van der Waals surface area contributed by atoms with Gasteiger partial charge in [-0.05, 0) is 12.5 Å². The second-order valence-corrected chi connectivity index (χ2v) is 6.55. The van der Waals surface area contributed by atoms with Crippen LogP contribution in [-0.2, 0) is 22.2 Å². The summed E-state index contributed by atoms with van der Waals surface area (Å²) in [6.07, 6.45) is 1.52. The summed E-state index contributed by atoms with van der Waals surface area (Å²) >= 11 is 1.15. The molecular weight excluding hydrogens is 344 g/mol. The lowest BCUT2D eigenvalue weighted by molar-refractivity contribution is -0.138. The Morgan fingerprint density at radius 1 is 1.32 bits per heavy atom. The molecule has 1 saturated heterocycles. The first-order valence-electron chi connectivity index (χ1n) is 7.40. The highest BCUT2D eigenvalue weighted by Gasteiger charge is 2.49. The number of nitrogens with one attached hydrogen (secondary N) is 2. The summed E-state index contributed by atoms with van der Waals surface area (Å²) in [5.41, 5.74) is 1.76. The molecule has 2 heterocycles. The van der Waals surface area contributed by atoms with E-state index in [-0.39, 0.29) is 5.75 Å². The van der Waals surface area contributed by atoms with Crippen molar-refractivity contribution >= 4 is 29.6 Å². The molecule has 9 nitrogen and oxygen atoms in total. The Balaban J connectivity index is 1.67. The van der Waals surface area contributed by atoms with Crippen LogP contribution in [0.2, 0.25) is 0 Å². The molecule has 25 heavy (non-hydrogen) atoms. The summed E-state index contributed by atoms with van der Waals surface area (Å²) < 4.78 is 1.66. The van der Waals surface area contributed by atoms with Crippen LogP contribution in [-0.4, -0.2) is 43.4 Å². The zero-order valence-electron chi connectivity index (χ0n) is 13.6. The van der Waals surface area contributed by atoms with Crippen LogP contribution in [0.4, 0.5) is 4.79 Å². The smallest absolute Gasteiger partial charge is 0.318 e. The van der Waals surface area contributed by atoms with Crippen molar-refractivity contribution in [3.63, 3.8) is 0 Å². The lowest BCUT2D eigenvalue weighted by Gasteiger charge is -2.22. The number of nitrogens with zero attached hydrogens (tertiary/aromatic N) is 4. The van der Waals surface area contributed by atoms with Gasteiger partial charge < -0.3 is 9.88 Å². The molecule has 4 amide bonds. The van der Waals surface area contributed by atoms with Crippen molar-refractivity contribution in [2.45, 2.75) is 17.6 Å². The fourth-order valence-corrected chi connectivity index (χ4v) is 3.08. The van der Waals surface area contributed by atoms with Crippen molar-refractivity contribution in [2.75, 3.05) is 5.75 Å². The number of hydrazine groups is 1. The van der Waals surface area contributed by atoms with E-state index in [1.165, 1.54) is 6.33 Å². The average Bonchev–Trinajstić information content (AvgIpc) is 3.11. The Kier molecular flexibility index (Phi) is 4.45. The maximum atomic E-state index is 12.7. The number of hydrogen-bond acceptors (Lipinski definition) is 6. The van der Waals surface area contributed by atoms with E-state index in [1.54, 1.807) is 42.8 Å². The van der Waals surface area contributed by atoms with Crippen molar-refractivity contribution in [3.05, 3.63) is 42.2 Å². The number of imide groups is 1. The summed E-state index contributed by atoms with van der Waals surface area (Å²) in [4.78, 5) is 36.9. The number of aryl methyl sites for hydroxylation is 1. The minimum atomic E-state index is -1.22. The number of benzene rings is 1. The van der Waals surface area contributed by atoms with Gasteiger partial charge in [-0.15, -0.1) is 10.2 Å².